The maximum atomic E-state index is 12.3. The normalized spacial score (nSPS) is 11.7. The molecule has 2 aromatic carbocycles. The predicted octanol–water partition coefficient (Wildman–Crippen LogP) is 3.44. The van der Waals surface area contributed by atoms with E-state index >= 15 is 0 Å². The SMILES string of the molecule is Nc1ccc2nc(NS(=O)(=O)c3cccc(Br)c3)sc2c1. The van der Waals surface area contributed by atoms with Crippen molar-refractivity contribution < 1.29 is 8.42 Å². The number of nitrogens with two attached hydrogens (primary N) is 1. The number of halogens is 1. The summed E-state index contributed by atoms with van der Waals surface area (Å²) in [5.41, 5.74) is 7.03. The van der Waals surface area contributed by atoms with Crippen LogP contribution in [0.4, 0.5) is 10.8 Å². The third-order valence-electron chi connectivity index (χ3n) is 2.74. The van der Waals surface area contributed by atoms with Gasteiger partial charge in [0.2, 0.25) is 0 Å². The molecule has 0 amide bonds. The number of nitrogens with one attached hydrogen (secondary N) is 1. The maximum Gasteiger partial charge on any atom is 0.263 e. The van der Waals surface area contributed by atoms with E-state index in [0.717, 1.165) is 4.70 Å². The zero-order valence-electron chi connectivity index (χ0n) is 10.6. The second-order valence-corrected chi connectivity index (χ2v) is 7.94. The summed E-state index contributed by atoms with van der Waals surface area (Å²) in [5, 5.41) is 0.315. The second-order valence-electron chi connectivity index (χ2n) is 4.31. The fourth-order valence-corrected chi connectivity index (χ4v) is 4.54. The van der Waals surface area contributed by atoms with E-state index in [2.05, 4.69) is 25.6 Å². The van der Waals surface area contributed by atoms with Gasteiger partial charge in [-0.15, -0.1) is 0 Å². The van der Waals surface area contributed by atoms with Gasteiger partial charge in [-0.05, 0) is 36.4 Å². The van der Waals surface area contributed by atoms with Crippen molar-refractivity contribution in [2.24, 2.45) is 0 Å². The van der Waals surface area contributed by atoms with Gasteiger partial charge in [-0.25, -0.2) is 13.4 Å². The Morgan fingerprint density at radius 1 is 1.19 bits per heavy atom. The summed E-state index contributed by atoms with van der Waals surface area (Å²) in [6.45, 7) is 0. The van der Waals surface area contributed by atoms with Crippen LogP contribution >= 0.6 is 27.3 Å². The molecule has 0 aliphatic heterocycles. The number of nitrogen functional groups attached to an aromatic ring is 1. The lowest BCUT2D eigenvalue weighted by Crippen LogP contribution is -2.12. The number of sulfonamides is 1. The number of anilines is 2. The van der Waals surface area contributed by atoms with Gasteiger partial charge in [0, 0.05) is 10.2 Å². The monoisotopic (exact) mass is 383 g/mol. The Labute approximate surface area is 134 Å². The van der Waals surface area contributed by atoms with E-state index < -0.39 is 10.0 Å². The smallest absolute Gasteiger partial charge is 0.263 e. The van der Waals surface area contributed by atoms with Crippen LogP contribution in [0.1, 0.15) is 0 Å². The molecule has 0 saturated carbocycles. The molecule has 5 nitrogen and oxygen atoms in total. The minimum absolute atomic E-state index is 0.177. The molecule has 3 rings (SSSR count). The van der Waals surface area contributed by atoms with Gasteiger partial charge in [-0.3, -0.25) is 4.72 Å². The molecular weight excluding hydrogens is 374 g/mol. The molecule has 0 radical (unpaired) electrons. The van der Waals surface area contributed by atoms with Crippen LogP contribution in [-0.2, 0) is 10.0 Å². The highest BCUT2D eigenvalue weighted by molar-refractivity contribution is 9.10. The van der Waals surface area contributed by atoms with Gasteiger partial charge < -0.3 is 5.73 Å². The van der Waals surface area contributed by atoms with E-state index in [1.54, 1.807) is 30.3 Å². The summed E-state index contributed by atoms with van der Waals surface area (Å²) in [7, 11) is -3.66. The summed E-state index contributed by atoms with van der Waals surface area (Å²) < 4.78 is 28.6. The van der Waals surface area contributed by atoms with Gasteiger partial charge in [-0.2, -0.15) is 0 Å². The lowest BCUT2D eigenvalue weighted by molar-refractivity contribution is 0.601. The van der Waals surface area contributed by atoms with Crippen molar-refractivity contribution in [1.29, 1.82) is 0 Å². The van der Waals surface area contributed by atoms with Crippen molar-refractivity contribution in [3.05, 3.63) is 46.9 Å². The Balaban J connectivity index is 1.97. The fraction of sp³-hybridized carbons (Fsp3) is 0. The van der Waals surface area contributed by atoms with Crippen molar-refractivity contribution in [3.63, 3.8) is 0 Å². The van der Waals surface area contributed by atoms with Crippen LogP contribution < -0.4 is 10.5 Å². The molecule has 3 aromatic rings. The second kappa shape index (κ2) is 5.28. The summed E-state index contributed by atoms with van der Waals surface area (Å²) in [4.78, 5) is 4.42. The topological polar surface area (TPSA) is 85.1 Å². The van der Waals surface area contributed by atoms with Crippen molar-refractivity contribution in [2.45, 2.75) is 4.90 Å². The summed E-state index contributed by atoms with van der Waals surface area (Å²) in [6.07, 6.45) is 0. The van der Waals surface area contributed by atoms with Crippen LogP contribution in [0.25, 0.3) is 10.2 Å². The highest BCUT2D eigenvalue weighted by atomic mass is 79.9. The minimum atomic E-state index is -3.66. The van der Waals surface area contributed by atoms with Crippen molar-refractivity contribution >= 4 is 58.3 Å². The van der Waals surface area contributed by atoms with Crippen molar-refractivity contribution in [3.8, 4) is 0 Å². The van der Waals surface area contributed by atoms with E-state index in [1.807, 2.05) is 0 Å². The van der Waals surface area contributed by atoms with Crippen LogP contribution in [0.5, 0.6) is 0 Å². The number of fused-ring (bicyclic) bond motifs is 1. The first-order valence-corrected chi connectivity index (χ1v) is 8.98. The lowest BCUT2D eigenvalue weighted by Gasteiger charge is -2.04. The zero-order chi connectivity index (χ0) is 15.0. The van der Waals surface area contributed by atoms with Gasteiger partial charge >= 0.3 is 0 Å². The van der Waals surface area contributed by atoms with Gasteiger partial charge in [0.05, 0.1) is 15.1 Å². The molecule has 0 bridgehead atoms. The van der Waals surface area contributed by atoms with Crippen molar-refractivity contribution in [1.82, 2.24) is 4.98 Å². The highest BCUT2D eigenvalue weighted by Gasteiger charge is 2.16. The van der Waals surface area contributed by atoms with Crippen LogP contribution in [0, 0.1) is 0 Å². The number of aromatic nitrogens is 1. The summed E-state index contributed by atoms with van der Waals surface area (Å²) >= 11 is 4.50. The number of rotatable bonds is 3. The number of benzene rings is 2. The van der Waals surface area contributed by atoms with E-state index in [0.29, 0.717) is 20.8 Å². The maximum absolute atomic E-state index is 12.3. The molecule has 1 heterocycles. The Morgan fingerprint density at radius 3 is 2.76 bits per heavy atom. The molecular formula is C13H10BrN3O2S2. The molecule has 0 aliphatic carbocycles. The molecule has 0 aliphatic rings. The molecule has 0 fully saturated rings. The molecule has 0 unspecified atom stereocenters. The molecule has 3 N–H and O–H groups in total. The van der Waals surface area contributed by atoms with Crippen molar-refractivity contribution in [2.75, 3.05) is 10.5 Å². The molecule has 21 heavy (non-hydrogen) atoms. The van der Waals surface area contributed by atoms with Crippen LogP contribution in [-0.4, -0.2) is 13.4 Å². The Hall–Kier alpha value is -1.64. The molecule has 0 spiro atoms. The van der Waals surface area contributed by atoms with Gasteiger partial charge in [0.25, 0.3) is 10.0 Å². The number of hydrogen-bond acceptors (Lipinski definition) is 5. The van der Waals surface area contributed by atoms with E-state index in [1.165, 1.54) is 23.5 Å². The quantitative estimate of drug-likeness (QED) is 0.678. The fourth-order valence-electron chi connectivity index (χ4n) is 1.79. The largest absolute Gasteiger partial charge is 0.399 e. The molecule has 1 aromatic heterocycles. The lowest BCUT2D eigenvalue weighted by atomic mass is 10.3. The molecule has 108 valence electrons. The summed E-state index contributed by atoms with van der Waals surface area (Å²) in [5.74, 6) is 0. The first-order valence-electron chi connectivity index (χ1n) is 5.88. The van der Waals surface area contributed by atoms with E-state index in [9.17, 15) is 8.42 Å². The average Bonchev–Trinajstić information content (AvgIpc) is 2.79. The van der Waals surface area contributed by atoms with Crippen LogP contribution in [0.15, 0.2) is 51.8 Å². The first kappa shape index (κ1) is 14.3. The van der Waals surface area contributed by atoms with Crippen LogP contribution in [0.2, 0.25) is 0 Å². The summed E-state index contributed by atoms with van der Waals surface area (Å²) in [6, 6.07) is 11.7. The highest BCUT2D eigenvalue weighted by Crippen LogP contribution is 2.29. The van der Waals surface area contributed by atoms with Gasteiger partial charge in [-0.1, -0.05) is 33.3 Å². The molecule has 0 atom stereocenters. The molecule has 8 heteroatoms. The first-order chi connectivity index (χ1) is 9.94. The van der Waals surface area contributed by atoms with Crippen LogP contribution in [0.3, 0.4) is 0 Å². The van der Waals surface area contributed by atoms with E-state index in [4.69, 9.17) is 5.73 Å². The molecule has 0 saturated heterocycles. The Morgan fingerprint density at radius 2 is 2.00 bits per heavy atom. The zero-order valence-corrected chi connectivity index (χ0v) is 13.8. The van der Waals surface area contributed by atoms with E-state index in [-0.39, 0.29) is 4.90 Å². The predicted molar refractivity (Wildman–Crippen MR) is 89.0 cm³/mol. The number of nitrogens with zero attached hydrogens (tertiary/aromatic N) is 1. The Bertz CT molecular complexity index is 922. The standard InChI is InChI=1S/C13H10BrN3O2S2/c14-8-2-1-3-10(6-8)21(18,19)17-13-16-11-5-4-9(15)7-12(11)20-13/h1-7H,15H2,(H,16,17). The number of hydrogen-bond donors (Lipinski definition) is 2. The third-order valence-corrected chi connectivity index (χ3v) is 5.63. The third kappa shape index (κ3) is 3.02. The average molecular weight is 384 g/mol. The minimum Gasteiger partial charge on any atom is -0.399 e. The number of thiazole rings is 1. The van der Waals surface area contributed by atoms with Gasteiger partial charge in [0.1, 0.15) is 0 Å². The Kier molecular flexibility index (Phi) is 3.60. The van der Waals surface area contributed by atoms with Gasteiger partial charge in [0.15, 0.2) is 5.13 Å².